The highest BCUT2D eigenvalue weighted by Gasteiger charge is 2.06. The minimum atomic E-state index is -0.826. The van der Waals surface area contributed by atoms with E-state index in [2.05, 4.69) is 15.5 Å². The van der Waals surface area contributed by atoms with Crippen molar-refractivity contribution in [1.29, 1.82) is 0 Å². The zero-order valence-corrected chi connectivity index (χ0v) is 10.6. The Balaban J connectivity index is 1.97. The van der Waals surface area contributed by atoms with Crippen molar-refractivity contribution in [3.63, 3.8) is 0 Å². The number of carbonyl (C=O) groups is 2. The number of carboxylic acids is 1. The SMILES string of the molecule is O=C(O)CCc1ccc(NC(=O)c2ccnnc2)cc1. The minimum Gasteiger partial charge on any atom is -0.481 e. The molecule has 1 heterocycles. The van der Waals surface area contributed by atoms with Crippen molar-refractivity contribution in [2.75, 3.05) is 5.32 Å². The fourth-order valence-electron chi connectivity index (χ4n) is 1.63. The van der Waals surface area contributed by atoms with Gasteiger partial charge in [-0.1, -0.05) is 12.1 Å². The van der Waals surface area contributed by atoms with Gasteiger partial charge in [-0.2, -0.15) is 10.2 Å². The maximum absolute atomic E-state index is 11.9. The van der Waals surface area contributed by atoms with Crippen LogP contribution in [0.4, 0.5) is 5.69 Å². The van der Waals surface area contributed by atoms with E-state index >= 15 is 0 Å². The van der Waals surface area contributed by atoms with E-state index in [-0.39, 0.29) is 12.3 Å². The summed E-state index contributed by atoms with van der Waals surface area (Å²) in [6, 6.07) is 8.64. The van der Waals surface area contributed by atoms with Gasteiger partial charge in [-0.05, 0) is 30.2 Å². The summed E-state index contributed by atoms with van der Waals surface area (Å²) in [5.74, 6) is -1.09. The predicted molar refractivity (Wildman–Crippen MR) is 72.4 cm³/mol. The van der Waals surface area contributed by atoms with E-state index in [1.807, 2.05) is 0 Å². The smallest absolute Gasteiger partial charge is 0.303 e. The number of benzene rings is 1. The molecule has 0 saturated heterocycles. The predicted octanol–water partition coefficient (Wildman–Crippen LogP) is 1.75. The number of aryl methyl sites for hydroxylation is 1. The first-order valence-electron chi connectivity index (χ1n) is 6.04. The van der Waals surface area contributed by atoms with Gasteiger partial charge in [0, 0.05) is 12.1 Å². The molecule has 6 heteroatoms. The zero-order chi connectivity index (χ0) is 14.4. The number of hydrogen-bond donors (Lipinski definition) is 2. The van der Waals surface area contributed by atoms with Crippen LogP contribution < -0.4 is 5.32 Å². The fourth-order valence-corrected chi connectivity index (χ4v) is 1.63. The molecule has 102 valence electrons. The first-order valence-corrected chi connectivity index (χ1v) is 6.04. The van der Waals surface area contributed by atoms with Crippen LogP contribution in [0.1, 0.15) is 22.3 Å². The molecule has 1 amide bonds. The highest BCUT2D eigenvalue weighted by molar-refractivity contribution is 6.03. The van der Waals surface area contributed by atoms with Gasteiger partial charge >= 0.3 is 5.97 Å². The third-order valence-electron chi connectivity index (χ3n) is 2.69. The second kappa shape index (κ2) is 6.42. The van der Waals surface area contributed by atoms with Crippen LogP contribution in [0, 0.1) is 0 Å². The fraction of sp³-hybridized carbons (Fsp3) is 0.143. The third kappa shape index (κ3) is 3.88. The number of aliphatic carboxylic acids is 1. The highest BCUT2D eigenvalue weighted by atomic mass is 16.4. The molecule has 2 N–H and O–H groups in total. The Labute approximate surface area is 115 Å². The van der Waals surface area contributed by atoms with Gasteiger partial charge < -0.3 is 10.4 Å². The summed E-state index contributed by atoms with van der Waals surface area (Å²) in [6.07, 6.45) is 3.40. The van der Waals surface area contributed by atoms with Crippen LogP contribution in [0.25, 0.3) is 0 Å². The first-order chi connectivity index (χ1) is 9.65. The summed E-state index contributed by atoms with van der Waals surface area (Å²) in [5.41, 5.74) is 1.98. The van der Waals surface area contributed by atoms with Crippen LogP contribution in [0.3, 0.4) is 0 Å². The Kier molecular flexibility index (Phi) is 4.39. The van der Waals surface area contributed by atoms with E-state index in [1.165, 1.54) is 12.4 Å². The molecule has 1 aromatic carbocycles. The molecule has 0 radical (unpaired) electrons. The molecule has 0 atom stereocenters. The lowest BCUT2D eigenvalue weighted by Crippen LogP contribution is -2.12. The van der Waals surface area contributed by atoms with Crippen LogP contribution in [0.15, 0.2) is 42.7 Å². The van der Waals surface area contributed by atoms with Crippen molar-refractivity contribution in [1.82, 2.24) is 10.2 Å². The number of aromatic nitrogens is 2. The van der Waals surface area contributed by atoms with Crippen molar-refractivity contribution in [3.05, 3.63) is 53.9 Å². The van der Waals surface area contributed by atoms with Gasteiger partial charge in [0.05, 0.1) is 18.0 Å². The Morgan fingerprint density at radius 3 is 2.45 bits per heavy atom. The number of anilines is 1. The largest absolute Gasteiger partial charge is 0.481 e. The van der Waals surface area contributed by atoms with Gasteiger partial charge in [0.25, 0.3) is 5.91 Å². The average molecular weight is 271 g/mol. The van der Waals surface area contributed by atoms with E-state index in [9.17, 15) is 9.59 Å². The van der Waals surface area contributed by atoms with Crippen molar-refractivity contribution in [3.8, 4) is 0 Å². The Morgan fingerprint density at radius 1 is 1.10 bits per heavy atom. The van der Waals surface area contributed by atoms with Crippen molar-refractivity contribution in [2.24, 2.45) is 0 Å². The lowest BCUT2D eigenvalue weighted by atomic mass is 10.1. The molecule has 6 nitrogen and oxygen atoms in total. The topological polar surface area (TPSA) is 92.2 Å². The van der Waals surface area contributed by atoms with Crippen LogP contribution in [0.2, 0.25) is 0 Å². The maximum Gasteiger partial charge on any atom is 0.303 e. The van der Waals surface area contributed by atoms with E-state index in [4.69, 9.17) is 5.11 Å². The normalized spacial score (nSPS) is 10.0. The van der Waals surface area contributed by atoms with E-state index in [1.54, 1.807) is 30.3 Å². The van der Waals surface area contributed by atoms with Crippen molar-refractivity contribution < 1.29 is 14.7 Å². The van der Waals surface area contributed by atoms with Crippen LogP contribution in [-0.2, 0) is 11.2 Å². The minimum absolute atomic E-state index is 0.0917. The quantitative estimate of drug-likeness (QED) is 0.864. The Bertz CT molecular complexity index is 597. The number of nitrogens with one attached hydrogen (secondary N) is 1. The second-order valence-corrected chi connectivity index (χ2v) is 4.18. The molecule has 0 aliphatic rings. The summed E-state index contributed by atoms with van der Waals surface area (Å²) in [6.45, 7) is 0. The molecule has 2 rings (SSSR count). The molecule has 20 heavy (non-hydrogen) atoms. The molecular formula is C14H13N3O3. The molecule has 0 unspecified atom stereocenters. The van der Waals surface area contributed by atoms with Crippen LogP contribution in [-0.4, -0.2) is 27.2 Å². The molecule has 2 aromatic rings. The van der Waals surface area contributed by atoms with E-state index in [0.29, 0.717) is 17.7 Å². The van der Waals surface area contributed by atoms with Gasteiger partial charge in [-0.15, -0.1) is 0 Å². The number of hydrogen-bond acceptors (Lipinski definition) is 4. The summed E-state index contributed by atoms with van der Waals surface area (Å²) in [4.78, 5) is 22.3. The van der Waals surface area contributed by atoms with Crippen molar-refractivity contribution in [2.45, 2.75) is 12.8 Å². The van der Waals surface area contributed by atoms with Gasteiger partial charge in [0.15, 0.2) is 0 Å². The number of carboxylic acid groups (broad SMARTS) is 1. The molecule has 0 saturated carbocycles. The van der Waals surface area contributed by atoms with Gasteiger partial charge in [0.2, 0.25) is 0 Å². The Hall–Kier alpha value is -2.76. The molecule has 0 spiro atoms. The number of amides is 1. The highest BCUT2D eigenvalue weighted by Crippen LogP contribution is 2.12. The molecular weight excluding hydrogens is 258 g/mol. The summed E-state index contributed by atoms with van der Waals surface area (Å²) >= 11 is 0. The lowest BCUT2D eigenvalue weighted by Gasteiger charge is -2.05. The van der Waals surface area contributed by atoms with Gasteiger partial charge in [-0.3, -0.25) is 9.59 Å². The molecule has 0 aliphatic carbocycles. The zero-order valence-electron chi connectivity index (χ0n) is 10.6. The number of rotatable bonds is 5. The van der Waals surface area contributed by atoms with Gasteiger partial charge in [0.1, 0.15) is 0 Å². The van der Waals surface area contributed by atoms with Gasteiger partial charge in [-0.25, -0.2) is 0 Å². The first kappa shape index (κ1) is 13.7. The van der Waals surface area contributed by atoms with Crippen molar-refractivity contribution >= 4 is 17.6 Å². The number of nitrogens with zero attached hydrogens (tertiary/aromatic N) is 2. The standard InChI is InChI=1S/C14H13N3O3/c18-13(19)6-3-10-1-4-12(5-2-10)17-14(20)11-7-8-15-16-9-11/h1-2,4-5,7-9H,3,6H2,(H,17,20)(H,18,19). The van der Waals surface area contributed by atoms with Crippen LogP contribution >= 0.6 is 0 Å². The third-order valence-corrected chi connectivity index (χ3v) is 2.69. The number of carbonyl (C=O) groups excluding carboxylic acids is 1. The average Bonchev–Trinajstić information content (AvgIpc) is 2.47. The Morgan fingerprint density at radius 2 is 1.85 bits per heavy atom. The lowest BCUT2D eigenvalue weighted by molar-refractivity contribution is -0.136. The monoisotopic (exact) mass is 271 g/mol. The molecule has 1 aromatic heterocycles. The maximum atomic E-state index is 11.9. The van der Waals surface area contributed by atoms with E-state index in [0.717, 1.165) is 5.56 Å². The molecule has 0 aliphatic heterocycles. The molecule has 0 fully saturated rings. The summed E-state index contributed by atoms with van der Waals surface area (Å²) in [7, 11) is 0. The summed E-state index contributed by atoms with van der Waals surface area (Å²) < 4.78 is 0. The summed E-state index contributed by atoms with van der Waals surface area (Å²) in [5, 5.41) is 18.6. The van der Waals surface area contributed by atoms with E-state index < -0.39 is 5.97 Å². The second-order valence-electron chi connectivity index (χ2n) is 4.18. The molecule has 0 bridgehead atoms. The van der Waals surface area contributed by atoms with Crippen LogP contribution in [0.5, 0.6) is 0 Å².